The minimum atomic E-state index is -0.0103. The summed E-state index contributed by atoms with van der Waals surface area (Å²) >= 11 is 0. The van der Waals surface area contributed by atoms with Gasteiger partial charge in [-0.2, -0.15) is 0 Å². The Morgan fingerprint density at radius 1 is 0.905 bits per heavy atom. The first-order valence-electron chi connectivity index (χ1n) is 7.25. The molecule has 1 unspecified atom stereocenters. The van der Waals surface area contributed by atoms with Crippen molar-refractivity contribution in [2.24, 2.45) is 0 Å². The van der Waals surface area contributed by atoms with Crippen LogP contribution in [0.25, 0.3) is 16.8 Å². The Balaban J connectivity index is 1.88. The molecule has 1 atom stereocenters. The number of hydrogen-bond acceptors (Lipinski definition) is 1. The van der Waals surface area contributed by atoms with Gasteiger partial charge in [-0.3, -0.25) is 0 Å². The number of aryl methyl sites for hydroxylation is 1. The van der Waals surface area contributed by atoms with Gasteiger partial charge in [0.1, 0.15) is 11.9 Å². The molecular formula is C20H16O. The van der Waals surface area contributed by atoms with Gasteiger partial charge in [0.2, 0.25) is 0 Å². The fourth-order valence-electron chi connectivity index (χ4n) is 2.97. The van der Waals surface area contributed by atoms with E-state index < -0.39 is 0 Å². The van der Waals surface area contributed by atoms with E-state index in [9.17, 15) is 0 Å². The number of fused-ring (bicyclic) bond motifs is 3. The Morgan fingerprint density at radius 2 is 1.67 bits per heavy atom. The van der Waals surface area contributed by atoms with Gasteiger partial charge in [0, 0.05) is 10.9 Å². The summed E-state index contributed by atoms with van der Waals surface area (Å²) in [6.45, 7) is 2.14. The summed E-state index contributed by atoms with van der Waals surface area (Å²) in [6.07, 6.45) is 4.32. The molecule has 3 aromatic rings. The van der Waals surface area contributed by atoms with Gasteiger partial charge in [-0.15, -0.1) is 0 Å². The number of benzene rings is 3. The molecule has 4 rings (SSSR count). The van der Waals surface area contributed by atoms with Crippen LogP contribution in [-0.2, 0) is 0 Å². The van der Waals surface area contributed by atoms with Crippen molar-refractivity contribution in [1.82, 2.24) is 0 Å². The number of hydrogen-bond donors (Lipinski definition) is 0. The smallest absolute Gasteiger partial charge is 0.142 e. The van der Waals surface area contributed by atoms with Gasteiger partial charge < -0.3 is 4.74 Å². The van der Waals surface area contributed by atoms with Crippen molar-refractivity contribution in [3.05, 3.63) is 83.4 Å². The second kappa shape index (κ2) is 4.78. The molecule has 0 spiro atoms. The van der Waals surface area contributed by atoms with E-state index in [4.69, 9.17) is 4.74 Å². The molecule has 0 N–H and O–H groups in total. The molecule has 0 radical (unpaired) electrons. The highest BCUT2D eigenvalue weighted by molar-refractivity contribution is 5.93. The van der Waals surface area contributed by atoms with Crippen LogP contribution >= 0.6 is 0 Å². The van der Waals surface area contributed by atoms with E-state index in [1.165, 1.54) is 27.5 Å². The Labute approximate surface area is 124 Å². The lowest BCUT2D eigenvalue weighted by molar-refractivity contribution is 0.255. The highest BCUT2D eigenvalue weighted by Gasteiger charge is 2.20. The first-order chi connectivity index (χ1) is 10.3. The van der Waals surface area contributed by atoms with Gasteiger partial charge >= 0.3 is 0 Å². The van der Waals surface area contributed by atoms with E-state index in [1.807, 2.05) is 6.07 Å². The number of rotatable bonds is 1. The van der Waals surface area contributed by atoms with Crippen LogP contribution in [0.2, 0.25) is 0 Å². The van der Waals surface area contributed by atoms with Crippen molar-refractivity contribution in [3.8, 4) is 5.75 Å². The van der Waals surface area contributed by atoms with Crippen LogP contribution in [0.4, 0.5) is 0 Å². The normalized spacial score (nSPS) is 16.5. The van der Waals surface area contributed by atoms with Crippen molar-refractivity contribution in [3.63, 3.8) is 0 Å². The third kappa shape index (κ3) is 2.02. The van der Waals surface area contributed by atoms with Gasteiger partial charge in [-0.1, -0.05) is 66.7 Å². The third-order valence-electron chi connectivity index (χ3n) is 4.06. The quantitative estimate of drug-likeness (QED) is 0.584. The lowest BCUT2D eigenvalue weighted by Crippen LogP contribution is -2.10. The van der Waals surface area contributed by atoms with E-state index >= 15 is 0 Å². The van der Waals surface area contributed by atoms with E-state index in [0.717, 1.165) is 5.75 Å². The van der Waals surface area contributed by atoms with Crippen LogP contribution in [0.5, 0.6) is 5.75 Å². The standard InChI is InChI=1S/C20H16O/c1-14-13-16-9-5-6-10-18(16)20-17(14)11-12-19(21-20)15-7-3-2-4-8-15/h2-13,19H,1H3. The zero-order chi connectivity index (χ0) is 14.2. The SMILES string of the molecule is Cc1cc2ccccc2c2c1C=CC(c1ccccc1)O2. The lowest BCUT2D eigenvalue weighted by Gasteiger charge is -2.24. The molecular weight excluding hydrogens is 256 g/mol. The maximum Gasteiger partial charge on any atom is 0.142 e. The second-order valence-corrected chi connectivity index (χ2v) is 5.47. The minimum Gasteiger partial charge on any atom is -0.480 e. The first kappa shape index (κ1) is 12.2. The van der Waals surface area contributed by atoms with Gasteiger partial charge in [0.15, 0.2) is 0 Å². The van der Waals surface area contributed by atoms with Crippen molar-refractivity contribution in [1.29, 1.82) is 0 Å². The summed E-state index contributed by atoms with van der Waals surface area (Å²) in [6, 6.07) is 21.0. The molecule has 0 fully saturated rings. The van der Waals surface area contributed by atoms with Crippen molar-refractivity contribution in [2.75, 3.05) is 0 Å². The van der Waals surface area contributed by atoms with Crippen LogP contribution in [0, 0.1) is 6.92 Å². The Hall–Kier alpha value is -2.54. The van der Waals surface area contributed by atoms with E-state index in [0.29, 0.717) is 0 Å². The molecule has 0 aromatic heterocycles. The van der Waals surface area contributed by atoms with E-state index in [1.54, 1.807) is 0 Å². The Kier molecular flexibility index (Phi) is 2.78. The van der Waals surface area contributed by atoms with Crippen LogP contribution in [-0.4, -0.2) is 0 Å². The Bertz CT molecular complexity index is 831. The minimum absolute atomic E-state index is 0.0103. The molecule has 1 aliphatic heterocycles. The fraction of sp³-hybridized carbons (Fsp3) is 0.100. The summed E-state index contributed by atoms with van der Waals surface area (Å²) in [4.78, 5) is 0. The highest BCUT2D eigenvalue weighted by Crippen LogP contribution is 2.40. The zero-order valence-electron chi connectivity index (χ0n) is 11.9. The van der Waals surface area contributed by atoms with Crippen LogP contribution < -0.4 is 4.74 Å². The summed E-state index contributed by atoms with van der Waals surface area (Å²) in [5.41, 5.74) is 3.64. The van der Waals surface area contributed by atoms with Crippen LogP contribution in [0.1, 0.15) is 22.8 Å². The summed E-state index contributed by atoms with van der Waals surface area (Å²) in [7, 11) is 0. The molecule has 1 aliphatic rings. The average Bonchev–Trinajstić information content (AvgIpc) is 2.55. The van der Waals surface area contributed by atoms with E-state index in [2.05, 4.69) is 73.7 Å². The summed E-state index contributed by atoms with van der Waals surface area (Å²) in [5.74, 6) is 1.00. The second-order valence-electron chi connectivity index (χ2n) is 5.47. The summed E-state index contributed by atoms with van der Waals surface area (Å²) < 4.78 is 6.33. The molecule has 0 saturated heterocycles. The summed E-state index contributed by atoms with van der Waals surface area (Å²) in [5, 5.41) is 2.42. The average molecular weight is 272 g/mol. The third-order valence-corrected chi connectivity index (χ3v) is 4.06. The zero-order valence-corrected chi connectivity index (χ0v) is 11.9. The molecule has 0 saturated carbocycles. The molecule has 1 heteroatoms. The predicted octanol–water partition coefficient (Wildman–Crippen LogP) is 5.30. The molecule has 0 aliphatic carbocycles. The molecule has 0 amide bonds. The molecule has 102 valence electrons. The maximum absolute atomic E-state index is 6.33. The van der Waals surface area contributed by atoms with E-state index in [-0.39, 0.29) is 6.10 Å². The molecule has 1 heterocycles. The Morgan fingerprint density at radius 3 is 2.52 bits per heavy atom. The molecule has 0 bridgehead atoms. The highest BCUT2D eigenvalue weighted by atomic mass is 16.5. The van der Waals surface area contributed by atoms with Gasteiger partial charge in [-0.05, 0) is 29.5 Å². The van der Waals surface area contributed by atoms with Crippen LogP contribution in [0.15, 0.2) is 66.7 Å². The van der Waals surface area contributed by atoms with Gasteiger partial charge in [0.25, 0.3) is 0 Å². The maximum atomic E-state index is 6.33. The van der Waals surface area contributed by atoms with Gasteiger partial charge in [-0.25, -0.2) is 0 Å². The monoisotopic (exact) mass is 272 g/mol. The number of ether oxygens (including phenoxy) is 1. The van der Waals surface area contributed by atoms with Gasteiger partial charge in [0.05, 0.1) is 0 Å². The molecule has 1 nitrogen and oxygen atoms in total. The molecule has 21 heavy (non-hydrogen) atoms. The predicted molar refractivity (Wildman–Crippen MR) is 87.5 cm³/mol. The van der Waals surface area contributed by atoms with Crippen molar-refractivity contribution < 1.29 is 4.74 Å². The molecule has 3 aromatic carbocycles. The first-order valence-corrected chi connectivity index (χ1v) is 7.25. The lowest BCUT2D eigenvalue weighted by atomic mass is 9.96. The van der Waals surface area contributed by atoms with Crippen LogP contribution in [0.3, 0.4) is 0 Å². The fourth-order valence-corrected chi connectivity index (χ4v) is 2.97. The van der Waals surface area contributed by atoms with Crippen molar-refractivity contribution >= 4 is 16.8 Å². The van der Waals surface area contributed by atoms with Crippen molar-refractivity contribution in [2.45, 2.75) is 13.0 Å². The largest absolute Gasteiger partial charge is 0.480 e. The topological polar surface area (TPSA) is 9.23 Å².